The van der Waals surface area contributed by atoms with Gasteiger partial charge in [0.1, 0.15) is 22.8 Å². The van der Waals surface area contributed by atoms with Crippen LogP contribution in [0.15, 0.2) is 24.4 Å². The van der Waals surface area contributed by atoms with Crippen molar-refractivity contribution >= 4 is 35.1 Å². The second kappa shape index (κ2) is 8.14. The molecule has 11 nitrogen and oxygen atoms in total. The van der Waals surface area contributed by atoms with Gasteiger partial charge in [-0.1, -0.05) is 16.8 Å². The molecule has 1 aliphatic heterocycles. The summed E-state index contributed by atoms with van der Waals surface area (Å²) in [4.78, 5) is 31.9. The second-order valence-corrected chi connectivity index (χ2v) is 6.86. The van der Waals surface area contributed by atoms with Crippen LogP contribution in [0.25, 0.3) is 11.4 Å². The van der Waals surface area contributed by atoms with Gasteiger partial charge >= 0.3 is 6.09 Å². The van der Waals surface area contributed by atoms with E-state index in [-0.39, 0.29) is 40.6 Å². The largest absolute Gasteiger partial charge is 0.466 e. The van der Waals surface area contributed by atoms with Crippen LogP contribution in [-0.4, -0.2) is 43.6 Å². The maximum atomic E-state index is 13.4. The van der Waals surface area contributed by atoms with Crippen LogP contribution < -0.4 is 15.4 Å². The van der Waals surface area contributed by atoms with Crippen molar-refractivity contribution in [2.24, 2.45) is 7.05 Å². The van der Waals surface area contributed by atoms with E-state index in [4.69, 9.17) is 21.1 Å². The Hall–Kier alpha value is -3.80. The Morgan fingerprint density at radius 1 is 1.45 bits per heavy atom. The number of fused-ring (bicyclic) bond motifs is 1. The van der Waals surface area contributed by atoms with E-state index in [9.17, 15) is 14.0 Å². The van der Waals surface area contributed by atoms with Gasteiger partial charge in [0.15, 0.2) is 18.1 Å². The third-order valence-corrected chi connectivity index (χ3v) is 4.63. The van der Waals surface area contributed by atoms with Crippen molar-refractivity contribution in [3.05, 3.63) is 40.9 Å². The highest BCUT2D eigenvalue weighted by Crippen LogP contribution is 2.31. The van der Waals surface area contributed by atoms with Crippen LogP contribution in [0.2, 0.25) is 5.15 Å². The molecule has 0 unspecified atom stereocenters. The fraction of sp³-hybridized carbons (Fsp3) is 0.222. The molecule has 31 heavy (non-hydrogen) atoms. The monoisotopic (exact) mass is 447 g/mol. The fourth-order valence-corrected chi connectivity index (χ4v) is 3.10. The van der Waals surface area contributed by atoms with E-state index in [0.717, 1.165) is 12.3 Å². The van der Waals surface area contributed by atoms with E-state index in [0.29, 0.717) is 11.4 Å². The average molecular weight is 448 g/mol. The zero-order valence-electron chi connectivity index (χ0n) is 16.2. The molecular formula is C18H15ClFN7O4. The van der Waals surface area contributed by atoms with Gasteiger partial charge in [-0.2, -0.15) is 0 Å². The molecule has 0 aromatic carbocycles. The first-order valence-electron chi connectivity index (χ1n) is 8.94. The average Bonchev–Trinajstić information content (AvgIpc) is 3.09. The molecule has 0 spiro atoms. The molecule has 0 saturated heterocycles. The van der Waals surface area contributed by atoms with Crippen LogP contribution in [-0.2, 0) is 16.6 Å². The Labute approximate surface area is 179 Å². The van der Waals surface area contributed by atoms with Gasteiger partial charge < -0.3 is 14.8 Å². The summed E-state index contributed by atoms with van der Waals surface area (Å²) < 4.78 is 25.4. The number of hydrogen-bond acceptors (Lipinski definition) is 8. The van der Waals surface area contributed by atoms with Gasteiger partial charge in [0, 0.05) is 12.6 Å². The minimum atomic E-state index is -0.876. The highest BCUT2D eigenvalue weighted by atomic mass is 35.5. The van der Waals surface area contributed by atoms with E-state index >= 15 is 0 Å². The standard InChI is InChI=1S/C18H15ClFN7O4/c1-8(10-5-9(20)6-21-15(10)19)31-18(29)24-16-14(25-26-27(16)2)11-3-4-12-17(23-11)30-7-13(28)22-12/h3-6,8H,7H2,1-2H3,(H,22,28)(H,24,29)/t8-/m1/s1. The summed E-state index contributed by atoms with van der Waals surface area (Å²) in [5.41, 5.74) is 1.24. The molecule has 4 heterocycles. The summed E-state index contributed by atoms with van der Waals surface area (Å²) in [5, 5.41) is 13.1. The minimum Gasteiger partial charge on any atom is -0.466 e. The van der Waals surface area contributed by atoms with Crippen LogP contribution in [0.1, 0.15) is 18.6 Å². The zero-order valence-corrected chi connectivity index (χ0v) is 17.0. The maximum Gasteiger partial charge on any atom is 0.413 e. The number of pyridine rings is 2. The lowest BCUT2D eigenvalue weighted by molar-refractivity contribution is -0.118. The van der Waals surface area contributed by atoms with Gasteiger partial charge in [-0.3, -0.25) is 10.1 Å². The van der Waals surface area contributed by atoms with Crippen molar-refractivity contribution in [1.82, 2.24) is 25.0 Å². The zero-order chi connectivity index (χ0) is 22.1. The van der Waals surface area contributed by atoms with Crippen molar-refractivity contribution < 1.29 is 23.5 Å². The van der Waals surface area contributed by atoms with Crippen LogP contribution in [0.5, 0.6) is 5.88 Å². The number of carbonyl (C=O) groups is 2. The maximum absolute atomic E-state index is 13.4. The fourth-order valence-electron chi connectivity index (χ4n) is 2.84. The van der Waals surface area contributed by atoms with E-state index in [1.54, 1.807) is 19.2 Å². The molecule has 3 aromatic heterocycles. The Kier molecular flexibility index (Phi) is 5.38. The minimum absolute atomic E-state index is 0.0231. The number of halogens is 2. The first-order chi connectivity index (χ1) is 14.8. The van der Waals surface area contributed by atoms with Gasteiger partial charge in [0.2, 0.25) is 5.88 Å². The third-order valence-electron chi connectivity index (χ3n) is 4.32. The van der Waals surface area contributed by atoms with Crippen molar-refractivity contribution in [3.63, 3.8) is 0 Å². The SMILES string of the molecule is C[C@@H](OC(=O)Nc1c(-c2ccc3c(n2)OCC(=O)N3)nnn1C)c1cc(F)cnc1Cl. The van der Waals surface area contributed by atoms with Crippen LogP contribution in [0.4, 0.5) is 20.7 Å². The topological polar surface area (TPSA) is 133 Å². The van der Waals surface area contributed by atoms with Crippen LogP contribution in [0.3, 0.4) is 0 Å². The molecule has 0 saturated carbocycles. The number of ether oxygens (including phenoxy) is 2. The summed E-state index contributed by atoms with van der Waals surface area (Å²) in [5.74, 6) is -0.467. The summed E-state index contributed by atoms with van der Waals surface area (Å²) in [6.07, 6.45) is -0.757. The Balaban J connectivity index is 1.54. The molecule has 3 aromatic rings. The molecule has 160 valence electrons. The molecule has 0 bridgehead atoms. The quantitative estimate of drug-likeness (QED) is 0.583. The summed E-state index contributed by atoms with van der Waals surface area (Å²) in [6.45, 7) is 1.37. The van der Waals surface area contributed by atoms with Crippen molar-refractivity contribution in [2.75, 3.05) is 17.2 Å². The lowest BCUT2D eigenvalue weighted by Gasteiger charge is -2.17. The smallest absolute Gasteiger partial charge is 0.413 e. The summed E-state index contributed by atoms with van der Waals surface area (Å²) in [6, 6.07) is 4.34. The lowest BCUT2D eigenvalue weighted by atomic mass is 10.2. The number of nitrogens with zero attached hydrogens (tertiary/aromatic N) is 5. The molecule has 0 radical (unpaired) electrons. The van der Waals surface area contributed by atoms with Gasteiger partial charge in [-0.25, -0.2) is 23.8 Å². The number of carbonyl (C=O) groups excluding carboxylic acids is 2. The van der Waals surface area contributed by atoms with Gasteiger partial charge in [-0.15, -0.1) is 5.10 Å². The number of hydrogen-bond donors (Lipinski definition) is 2. The molecule has 13 heteroatoms. The van der Waals surface area contributed by atoms with Crippen molar-refractivity contribution in [3.8, 4) is 17.3 Å². The van der Waals surface area contributed by atoms with Gasteiger partial charge in [0.25, 0.3) is 5.91 Å². The Bertz CT molecular complexity index is 1190. The van der Waals surface area contributed by atoms with E-state index in [1.165, 1.54) is 11.6 Å². The normalized spacial score (nSPS) is 13.6. The van der Waals surface area contributed by atoms with Crippen LogP contribution >= 0.6 is 11.6 Å². The van der Waals surface area contributed by atoms with Crippen LogP contribution in [0, 0.1) is 5.82 Å². The number of anilines is 2. The molecule has 2 N–H and O–H groups in total. The van der Waals surface area contributed by atoms with E-state index in [1.807, 2.05) is 0 Å². The molecule has 2 amide bonds. The number of nitrogens with one attached hydrogen (secondary N) is 2. The third kappa shape index (κ3) is 4.23. The molecule has 1 atom stereocenters. The van der Waals surface area contributed by atoms with E-state index < -0.39 is 18.0 Å². The summed E-state index contributed by atoms with van der Waals surface area (Å²) >= 11 is 5.95. The first-order valence-corrected chi connectivity index (χ1v) is 9.32. The number of aromatic nitrogens is 5. The van der Waals surface area contributed by atoms with Gasteiger partial charge in [0.05, 0.1) is 11.9 Å². The highest BCUT2D eigenvalue weighted by Gasteiger charge is 2.23. The second-order valence-electron chi connectivity index (χ2n) is 6.50. The van der Waals surface area contributed by atoms with Crippen molar-refractivity contribution in [1.29, 1.82) is 0 Å². The van der Waals surface area contributed by atoms with Crippen molar-refractivity contribution in [2.45, 2.75) is 13.0 Å². The molecule has 0 fully saturated rings. The van der Waals surface area contributed by atoms with Gasteiger partial charge in [-0.05, 0) is 25.1 Å². The first kappa shape index (κ1) is 20.5. The predicted molar refractivity (Wildman–Crippen MR) is 106 cm³/mol. The Morgan fingerprint density at radius 2 is 2.26 bits per heavy atom. The highest BCUT2D eigenvalue weighted by molar-refractivity contribution is 6.30. The number of aryl methyl sites for hydroxylation is 1. The number of rotatable bonds is 4. The van der Waals surface area contributed by atoms with E-state index in [2.05, 4.69) is 30.9 Å². The molecule has 4 rings (SSSR count). The predicted octanol–water partition coefficient (Wildman–Crippen LogP) is 2.71. The Morgan fingerprint density at radius 3 is 3.06 bits per heavy atom. The molecule has 0 aliphatic carbocycles. The lowest BCUT2D eigenvalue weighted by Crippen LogP contribution is -2.26. The molecular weight excluding hydrogens is 433 g/mol. The summed E-state index contributed by atoms with van der Waals surface area (Å²) in [7, 11) is 1.57. The molecule has 1 aliphatic rings. The number of amides is 2.